The Labute approximate surface area is 196 Å². The molecule has 0 bridgehead atoms. The van der Waals surface area contributed by atoms with E-state index in [-0.39, 0.29) is 24.0 Å². The number of nitrogens with one attached hydrogen (secondary N) is 1. The SMILES string of the molecule is CN1Cc2cnc3ccc(C4=CNC(C#N)C=C4)nc3c2N(C2CCN(C(=O)CO)CC2)C1=O. The molecule has 1 saturated heterocycles. The van der Waals surface area contributed by atoms with E-state index in [0.29, 0.717) is 43.5 Å². The van der Waals surface area contributed by atoms with Gasteiger partial charge in [0.2, 0.25) is 5.91 Å². The van der Waals surface area contributed by atoms with Crippen LogP contribution in [0.5, 0.6) is 0 Å². The summed E-state index contributed by atoms with van der Waals surface area (Å²) in [5.74, 6) is -0.289. The van der Waals surface area contributed by atoms with Gasteiger partial charge in [0.25, 0.3) is 0 Å². The molecule has 10 nitrogen and oxygen atoms in total. The number of urea groups is 1. The predicted octanol–water partition coefficient (Wildman–Crippen LogP) is 1.38. The first-order valence-electron chi connectivity index (χ1n) is 11.3. The number of hydrogen-bond acceptors (Lipinski definition) is 7. The summed E-state index contributed by atoms with van der Waals surface area (Å²) in [4.78, 5) is 39.9. The number of amides is 3. The fourth-order valence-electron chi connectivity index (χ4n) is 4.77. The summed E-state index contributed by atoms with van der Waals surface area (Å²) in [6.07, 6.45) is 8.45. The van der Waals surface area contributed by atoms with E-state index in [9.17, 15) is 14.7 Å². The molecule has 1 fully saturated rings. The molecule has 5 rings (SSSR count). The predicted molar refractivity (Wildman–Crippen MR) is 125 cm³/mol. The Hall–Kier alpha value is -3.97. The van der Waals surface area contributed by atoms with E-state index < -0.39 is 6.61 Å². The van der Waals surface area contributed by atoms with Crippen LogP contribution in [0.4, 0.5) is 10.5 Å². The van der Waals surface area contributed by atoms with Crippen molar-refractivity contribution in [1.29, 1.82) is 5.26 Å². The number of carbonyl (C=O) groups is 2. The molecule has 3 amide bonds. The van der Waals surface area contributed by atoms with Crippen molar-refractivity contribution in [3.8, 4) is 6.07 Å². The topological polar surface area (TPSA) is 126 Å². The summed E-state index contributed by atoms with van der Waals surface area (Å²) in [6, 6.07) is 5.36. The molecule has 5 heterocycles. The van der Waals surface area contributed by atoms with Gasteiger partial charge in [-0.1, -0.05) is 6.08 Å². The maximum absolute atomic E-state index is 13.4. The lowest BCUT2D eigenvalue weighted by Gasteiger charge is -2.43. The molecule has 174 valence electrons. The molecule has 34 heavy (non-hydrogen) atoms. The highest BCUT2D eigenvalue weighted by Crippen LogP contribution is 2.37. The second-order valence-electron chi connectivity index (χ2n) is 8.71. The van der Waals surface area contributed by atoms with Gasteiger partial charge in [0, 0.05) is 49.7 Å². The average Bonchev–Trinajstić information content (AvgIpc) is 2.89. The number of anilines is 1. The van der Waals surface area contributed by atoms with Crippen LogP contribution in [0.1, 0.15) is 24.1 Å². The monoisotopic (exact) mass is 459 g/mol. The van der Waals surface area contributed by atoms with Gasteiger partial charge in [0.15, 0.2) is 0 Å². The van der Waals surface area contributed by atoms with Crippen molar-refractivity contribution in [3.05, 3.63) is 47.9 Å². The zero-order valence-electron chi connectivity index (χ0n) is 18.8. The number of pyridine rings is 2. The quantitative estimate of drug-likeness (QED) is 0.710. The Bertz CT molecular complexity index is 1260. The summed E-state index contributed by atoms with van der Waals surface area (Å²) >= 11 is 0. The summed E-state index contributed by atoms with van der Waals surface area (Å²) in [5.41, 5.74) is 4.60. The number of nitriles is 1. The number of piperidine rings is 1. The van der Waals surface area contributed by atoms with Gasteiger partial charge in [-0.25, -0.2) is 9.78 Å². The molecular formula is C24H25N7O3. The van der Waals surface area contributed by atoms with Gasteiger partial charge in [0.05, 0.1) is 29.5 Å². The second kappa shape index (κ2) is 8.76. The number of aromatic nitrogens is 2. The number of aliphatic hydroxyl groups is 1. The third-order valence-electron chi connectivity index (χ3n) is 6.58. The van der Waals surface area contributed by atoms with Gasteiger partial charge in [-0.05, 0) is 31.1 Å². The van der Waals surface area contributed by atoms with Gasteiger partial charge < -0.3 is 20.2 Å². The second-order valence-corrected chi connectivity index (χ2v) is 8.71. The van der Waals surface area contributed by atoms with Crippen molar-refractivity contribution >= 4 is 34.2 Å². The van der Waals surface area contributed by atoms with Crippen LogP contribution < -0.4 is 10.2 Å². The van der Waals surface area contributed by atoms with Gasteiger partial charge in [-0.2, -0.15) is 5.26 Å². The molecule has 1 atom stereocenters. The number of carbonyl (C=O) groups excluding carboxylic acids is 2. The molecule has 2 N–H and O–H groups in total. The fraction of sp³-hybridized carbons (Fsp3) is 0.375. The minimum Gasteiger partial charge on any atom is -0.387 e. The highest BCUT2D eigenvalue weighted by molar-refractivity contribution is 6.04. The largest absolute Gasteiger partial charge is 0.387 e. The van der Waals surface area contributed by atoms with Gasteiger partial charge >= 0.3 is 6.03 Å². The van der Waals surface area contributed by atoms with Crippen molar-refractivity contribution in [2.45, 2.75) is 31.5 Å². The Kier molecular flexibility index (Phi) is 5.63. The van der Waals surface area contributed by atoms with Crippen molar-refractivity contribution in [1.82, 2.24) is 25.1 Å². The zero-order valence-corrected chi connectivity index (χ0v) is 18.8. The van der Waals surface area contributed by atoms with Crippen LogP contribution in [0.2, 0.25) is 0 Å². The molecule has 0 aliphatic carbocycles. The summed E-state index contributed by atoms with van der Waals surface area (Å²) in [6.45, 7) is 0.904. The number of aliphatic hydroxyl groups excluding tert-OH is 1. The van der Waals surface area contributed by atoms with Crippen LogP contribution in [0.15, 0.2) is 36.7 Å². The molecule has 2 aromatic rings. The molecule has 0 saturated carbocycles. The minimum absolute atomic E-state index is 0.0976. The Morgan fingerprint density at radius 1 is 1.32 bits per heavy atom. The van der Waals surface area contributed by atoms with Gasteiger partial charge in [-0.15, -0.1) is 0 Å². The van der Waals surface area contributed by atoms with E-state index in [0.717, 1.165) is 22.5 Å². The maximum atomic E-state index is 13.4. The van der Waals surface area contributed by atoms with Crippen LogP contribution in [-0.4, -0.2) is 75.6 Å². The van der Waals surface area contributed by atoms with E-state index in [1.165, 1.54) is 0 Å². The first kappa shape index (κ1) is 21.9. The summed E-state index contributed by atoms with van der Waals surface area (Å²) in [7, 11) is 1.77. The number of rotatable bonds is 3. The van der Waals surface area contributed by atoms with Crippen molar-refractivity contribution in [2.75, 3.05) is 31.6 Å². The molecule has 3 aliphatic heterocycles. The highest BCUT2D eigenvalue weighted by Gasteiger charge is 2.37. The molecule has 0 aromatic carbocycles. The van der Waals surface area contributed by atoms with Gasteiger partial charge in [0.1, 0.15) is 18.2 Å². The van der Waals surface area contributed by atoms with Crippen LogP contribution in [0, 0.1) is 11.3 Å². The summed E-state index contributed by atoms with van der Waals surface area (Å²) < 4.78 is 0. The smallest absolute Gasteiger partial charge is 0.324 e. The molecule has 10 heteroatoms. The van der Waals surface area contributed by atoms with Crippen molar-refractivity contribution in [3.63, 3.8) is 0 Å². The molecule has 1 unspecified atom stereocenters. The maximum Gasteiger partial charge on any atom is 0.324 e. The van der Waals surface area contributed by atoms with Crippen LogP contribution >= 0.6 is 0 Å². The average molecular weight is 460 g/mol. The lowest BCUT2D eigenvalue weighted by molar-refractivity contribution is -0.135. The number of nitrogens with zero attached hydrogens (tertiary/aromatic N) is 6. The Balaban J connectivity index is 1.54. The number of dihydropyridines is 1. The third-order valence-corrected chi connectivity index (χ3v) is 6.58. The van der Waals surface area contributed by atoms with E-state index >= 15 is 0 Å². The zero-order chi connectivity index (χ0) is 23.8. The third kappa shape index (κ3) is 3.74. The minimum atomic E-state index is -0.504. The number of likely N-dealkylation sites (tertiary alicyclic amines) is 1. The molecule has 3 aliphatic rings. The van der Waals surface area contributed by atoms with E-state index in [1.807, 2.05) is 23.1 Å². The van der Waals surface area contributed by atoms with E-state index in [1.54, 1.807) is 35.3 Å². The molecule has 2 aromatic heterocycles. The fourth-order valence-corrected chi connectivity index (χ4v) is 4.77. The lowest BCUT2D eigenvalue weighted by atomic mass is 9.99. The van der Waals surface area contributed by atoms with Crippen LogP contribution in [0.25, 0.3) is 16.6 Å². The highest BCUT2D eigenvalue weighted by atomic mass is 16.3. The number of allylic oxidation sites excluding steroid dienone is 2. The Morgan fingerprint density at radius 2 is 2.12 bits per heavy atom. The number of hydrogen-bond donors (Lipinski definition) is 2. The summed E-state index contributed by atoms with van der Waals surface area (Å²) in [5, 5.41) is 21.3. The van der Waals surface area contributed by atoms with Crippen LogP contribution in [0.3, 0.4) is 0 Å². The van der Waals surface area contributed by atoms with E-state index in [4.69, 9.17) is 10.2 Å². The molecular weight excluding hydrogens is 434 g/mol. The standard InChI is InChI=1S/C24H25N7O3/c1-29-13-16-12-27-20-5-4-19(15-2-3-17(10-25)26-11-15)28-22(20)23(16)31(24(29)34)18-6-8-30(9-7-18)21(33)14-32/h2-5,11-12,17-18,26,32H,6-9,13-14H2,1H3. The number of fused-ring (bicyclic) bond motifs is 3. The first-order valence-corrected chi connectivity index (χ1v) is 11.3. The first-order chi connectivity index (χ1) is 16.5. The lowest BCUT2D eigenvalue weighted by Crippen LogP contribution is -2.54. The van der Waals surface area contributed by atoms with Crippen molar-refractivity contribution < 1.29 is 14.7 Å². The van der Waals surface area contributed by atoms with E-state index in [2.05, 4.69) is 16.4 Å². The van der Waals surface area contributed by atoms with Crippen molar-refractivity contribution in [2.24, 2.45) is 0 Å². The van der Waals surface area contributed by atoms with Crippen LogP contribution in [-0.2, 0) is 11.3 Å². The molecule has 0 radical (unpaired) electrons. The normalized spacial score (nSPS) is 20.6. The molecule has 0 spiro atoms. The van der Waals surface area contributed by atoms with Gasteiger partial charge in [-0.3, -0.25) is 14.7 Å². The Morgan fingerprint density at radius 3 is 2.79 bits per heavy atom.